The molecule has 0 saturated carbocycles. The number of likely N-dealkylation sites (N-methyl/N-ethyl adjacent to an activating group) is 1. The Balaban J connectivity index is 0.00000480. The number of carbonyl (C=O) groups excluding carboxylic acids is 1. The summed E-state index contributed by atoms with van der Waals surface area (Å²) >= 11 is 0. The molecule has 7 nitrogen and oxygen atoms in total. The Morgan fingerprint density at radius 1 is 1.10 bits per heavy atom. The smallest absolute Gasteiger partial charge is 0.241 e. The lowest BCUT2D eigenvalue weighted by Gasteiger charge is -2.15. The molecule has 2 N–H and O–H groups in total. The second-order valence-electron chi connectivity index (χ2n) is 6.50. The van der Waals surface area contributed by atoms with Crippen molar-refractivity contribution < 1.29 is 23.0 Å². The molecule has 0 fully saturated rings. The lowest BCUT2D eigenvalue weighted by molar-refractivity contribution is -0.127. The van der Waals surface area contributed by atoms with E-state index >= 15 is 0 Å². The summed E-state index contributed by atoms with van der Waals surface area (Å²) in [6, 6.07) is 10.6. The van der Waals surface area contributed by atoms with E-state index in [0.29, 0.717) is 19.0 Å². The molecule has 0 spiro atoms. The third-order valence-corrected chi connectivity index (χ3v) is 4.03. The number of amides is 1. The van der Waals surface area contributed by atoms with Crippen molar-refractivity contribution in [2.45, 2.75) is 6.54 Å². The fourth-order valence-corrected chi connectivity index (χ4v) is 2.32. The summed E-state index contributed by atoms with van der Waals surface area (Å²) < 4.78 is 37.0. The molecule has 0 aliphatic heterocycles. The summed E-state index contributed by atoms with van der Waals surface area (Å²) in [5, 5.41) is 5.98. The second kappa shape index (κ2) is 13.6. The third-order valence-electron chi connectivity index (χ3n) is 4.03. The van der Waals surface area contributed by atoms with Gasteiger partial charge in [0.05, 0.1) is 26.7 Å². The Hall–Kier alpha value is -2.63. The van der Waals surface area contributed by atoms with Gasteiger partial charge in [0.1, 0.15) is 18.2 Å². The first-order valence-corrected chi connectivity index (χ1v) is 9.32. The minimum atomic E-state index is -0.766. The van der Waals surface area contributed by atoms with Crippen LogP contribution >= 0.6 is 24.0 Å². The first-order valence-electron chi connectivity index (χ1n) is 9.32. The van der Waals surface area contributed by atoms with Crippen molar-refractivity contribution in [2.75, 3.05) is 40.9 Å². The first-order chi connectivity index (χ1) is 14.4. The molecule has 0 bridgehead atoms. The lowest BCUT2D eigenvalue weighted by atomic mass is 10.2. The van der Waals surface area contributed by atoms with E-state index in [1.54, 1.807) is 21.2 Å². The van der Waals surface area contributed by atoms with E-state index in [1.807, 2.05) is 24.3 Å². The van der Waals surface area contributed by atoms with E-state index in [1.165, 1.54) is 11.0 Å². The van der Waals surface area contributed by atoms with Gasteiger partial charge in [-0.3, -0.25) is 4.79 Å². The maximum atomic E-state index is 13.6. The number of methoxy groups -OCH3 is 1. The quantitative estimate of drug-likeness (QED) is 0.218. The average Bonchev–Trinajstić information content (AvgIpc) is 2.73. The Morgan fingerprint density at radius 3 is 2.42 bits per heavy atom. The van der Waals surface area contributed by atoms with Gasteiger partial charge in [-0.15, -0.1) is 24.0 Å². The van der Waals surface area contributed by atoms with Crippen LogP contribution < -0.4 is 20.1 Å². The first kappa shape index (κ1) is 26.4. The van der Waals surface area contributed by atoms with Crippen LogP contribution in [0.1, 0.15) is 5.56 Å². The number of hydrogen-bond acceptors (Lipinski definition) is 4. The number of carbonyl (C=O) groups is 1. The van der Waals surface area contributed by atoms with Crippen molar-refractivity contribution in [3.05, 3.63) is 59.7 Å². The zero-order valence-electron chi connectivity index (χ0n) is 17.7. The summed E-state index contributed by atoms with van der Waals surface area (Å²) in [5.74, 6) is -0.423. The van der Waals surface area contributed by atoms with Gasteiger partial charge < -0.3 is 25.0 Å². The number of ether oxygens (including phenoxy) is 2. The third kappa shape index (κ3) is 9.37. The zero-order chi connectivity index (χ0) is 21.9. The minimum absolute atomic E-state index is 0. The maximum Gasteiger partial charge on any atom is 0.241 e. The summed E-state index contributed by atoms with van der Waals surface area (Å²) in [6.45, 7) is 0.854. The summed E-state index contributed by atoms with van der Waals surface area (Å²) in [5.41, 5.74) is 0.959. The molecule has 10 heteroatoms. The highest BCUT2D eigenvalue weighted by Gasteiger charge is 2.07. The standard InChI is InChI=1S/C21H26F2N4O3.HI/c1-27(2)20(28)14-26-21(25-13-15-4-7-17(29-3)8-5-15)24-10-11-30-19-9-6-16(22)12-18(19)23;/h4-9,12H,10-11,13-14H2,1-3H3,(H2,24,25,26);1H. The van der Waals surface area contributed by atoms with Gasteiger partial charge in [-0.2, -0.15) is 0 Å². The highest BCUT2D eigenvalue weighted by Crippen LogP contribution is 2.17. The van der Waals surface area contributed by atoms with Crippen LogP contribution in [0, 0.1) is 11.6 Å². The number of aliphatic imine (C=N–C) groups is 1. The van der Waals surface area contributed by atoms with Gasteiger partial charge in [-0.1, -0.05) is 12.1 Å². The van der Waals surface area contributed by atoms with Crippen LogP contribution in [-0.2, 0) is 11.3 Å². The summed E-state index contributed by atoms with van der Waals surface area (Å²) in [6.07, 6.45) is 0. The molecule has 0 aliphatic carbocycles. The number of hydrogen-bond donors (Lipinski definition) is 2. The Labute approximate surface area is 197 Å². The number of nitrogens with one attached hydrogen (secondary N) is 2. The van der Waals surface area contributed by atoms with Crippen molar-refractivity contribution in [1.82, 2.24) is 15.5 Å². The predicted molar refractivity (Wildman–Crippen MR) is 126 cm³/mol. The summed E-state index contributed by atoms with van der Waals surface area (Å²) in [4.78, 5) is 17.8. The molecule has 0 heterocycles. The van der Waals surface area contributed by atoms with Gasteiger partial charge in [0.25, 0.3) is 0 Å². The molecule has 0 unspecified atom stereocenters. The topological polar surface area (TPSA) is 75.2 Å². The monoisotopic (exact) mass is 548 g/mol. The Bertz CT molecular complexity index is 864. The normalized spacial score (nSPS) is 10.7. The number of rotatable bonds is 9. The molecule has 2 rings (SSSR count). The van der Waals surface area contributed by atoms with Crippen molar-refractivity contribution in [1.29, 1.82) is 0 Å². The van der Waals surface area contributed by atoms with Crippen molar-refractivity contribution >= 4 is 35.8 Å². The van der Waals surface area contributed by atoms with E-state index in [0.717, 1.165) is 23.4 Å². The van der Waals surface area contributed by atoms with Crippen molar-refractivity contribution in [2.24, 2.45) is 4.99 Å². The van der Waals surface area contributed by atoms with Crippen LogP contribution in [0.15, 0.2) is 47.5 Å². The van der Waals surface area contributed by atoms with E-state index in [9.17, 15) is 13.6 Å². The number of guanidine groups is 1. The molecule has 31 heavy (non-hydrogen) atoms. The van der Waals surface area contributed by atoms with Gasteiger partial charge in [-0.05, 0) is 29.8 Å². The summed E-state index contributed by atoms with van der Waals surface area (Å²) in [7, 11) is 4.92. The molecule has 0 radical (unpaired) electrons. The van der Waals surface area contributed by atoms with Crippen molar-refractivity contribution in [3.8, 4) is 11.5 Å². The lowest BCUT2D eigenvalue weighted by Crippen LogP contribution is -2.44. The van der Waals surface area contributed by atoms with E-state index in [-0.39, 0.29) is 48.8 Å². The fourth-order valence-electron chi connectivity index (χ4n) is 2.32. The largest absolute Gasteiger partial charge is 0.497 e. The van der Waals surface area contributed by atoms with Crippen LogP contribution in [0.25, 0.3) is 0 Å². The average molecular weight is 548 g/mol. The molecule has 0 aromatic heterocycles. The Morgan fingerprint density at radius 2 is 1.81 bits per heavy atom. The molecular formula is C21H27F2IN4O3. The molecule has 0 aliphatic rings. The van der Waals surface area contributed by atoms with Crippen LogP contribution in [0.5, 0.6) is 11.5 Å². The van der Waals surface area contributed by atoms with Crippen LogP contribution in [0.4, 0.5) is 8.78 Å². The number of nitrogens with zero attached hydrogens (tertiary/aromatic N) is 2. The fraction of sp³-hybridized carbons (Fsp3) is 0.333. The molecule has 0 atom stereocenters. The van der Waals surface area contributed by atoms with Crippen LogP contribution in [-0.4, -0.2) is 57.7 Å². The van der Waals surface area contributed by atoms with Gasteiger partial charge in [0, 0.05) is 20.2 Å². The molecule has 2 aromatic rings. The minimum Gasteiger partial charge on any atom is -0.497 e. The van der Waals surface area contributed by atoms with Crippen molar-refractivity contribution in [3.63, 3.8) is 0 Å². The van der Waals surface area contributed by atoms with E-state index < -0.39 is 11.6 Å². The zero-order valence-corrected chi connectivity index (χ0v) is 20.0. The van der Waals surface area contributed by atoms with E-state index in [4.69, 9.17) is 9.47 Å². The van der Waals surface area contributed by atoms with Crippen LogP contribution in [0.3, 0.4) is 0 Å². The maximum absolute atomic E-state index is 13.6. The van der Waals surface area contributed by atoms with E-state index in [2.05, 4.69) is 15.6 Å². The molecule has 2 aromatic carbocycles. The Kier molecular flexibility index (Phi) is 11.6. The molecular weight excluding hydrogens is 521 g/mol. The van der Waals surface area contributed by atoms with Gasteiger partial charge in [0.15, 0.2) is 17.5 Å². The second-order valence-corrected chi connectivity index (χ2v) is 6.50. The highest BCUT2D eigenvalue weighted by atomic mass is 127. The molecule has 170 valence electrons. The van der Waals surface area contributed by atoms with Gasteiger partial charge >= 0.3 is 0 Å². The van der Waals surface area contributed by atoms with Gasteiger partial charge in [-0.25, -0.2) is 13.8 Å². The number of benzene rings is 2. The highest BCUT2D eigenvalue weighted by molar-refractivity contribution is 14.0. The van der Waals surface area contributed by atoms with Crippen LogP contribution in [0.2, 0.25) is 0 Å². The molecule has 1 amide bonds. The SMILES string of the molecule is COc1ccc(CN=C(NCCOc2ccc(F)cc2F)NCC(=O)N(C)C)cc1.I. The molecule has 0 saturated heterocycles. The predicted octanol–water partition coefficient (Wildman–Crippen LogP) is 2.79. The van der Waals surface area contributed by atoms with Gasteiger partial charge in [0.2, 0.25) is 5.91 Å². The number of halogens is 3.